The lowest BCUT2D eigenvalue weighted by molar-refractivity contribution is -0.153. The minimum absolute atomic E-state index is 0.0124. The predicted molar refractivity (Wildman–Crippen MR) is 112 cm³/mol. The molecule has 3 rings (SSSR count). The van der Waals surface area contributed by atoms with Gasteiger partial charge in [-0.25, -0.2) is 18.4 Å². The first kappa shape index (κ1) is 23.4. The molecule has 0 amide bonds. The lowest BCUT2D eigenvalue weighted by Gasteiger charge is -2.17. The maximum absolute atomic E-state index is 12.7. The second-order valence-corrected chi connectivity index (χ2v) is 8.81. The maximum atomic E-state index is 12.7. The van der Waals surface area contributed by atoms with Crippen molar-refractivity contribution in [1.29, 1.82) is 0 Å². The predicted octanol–water partition coefficient (Wildman–Crippen LogP) is 4.13. The Labute approximate surface area is 182 Å². The summed E-state index contributed by atoms with van der Waals surface area (Å²) in [6.07, 6.45) is -3.33. The van der Waals surface area contributed by atoms with Crippen LogP contribution in [0.25, 0.3) is 10.9 Å². The van der Waals surface area contributed by atoms with Gasteiger partial charge in [0.25, 0.3) is 0 Å². The number of fused-ring (bicyclic) bond motifs is 1. The summed E-state index contributed by atoms with van der Waals surface area (Å²) in [5, 5.41) is 3.29. The molecule has 32 heavy (non-hydrogen) atoms. The number of benzene rings is 2. The van der Waals surface area contributed by atoms with E-state index < -0.39 is 22.6 Å². The number of alkyl halides is 3. The van der Waals surface area contributed by atoms with Gasteiger partial charge in [-0.05, 0) is 18.2 Å². The van der Waals surface area contributed by atoms with E-state index in [1.54, 1.807) is 12.1 Å². The first-order chi connectivity index (χ1) is 15.1. The third kappa shape index (κ3) is 5.13. The molecule has 0 spiro atoms. The summed E-state index contributed by atoms with van der Waals surface area (Å²) in [5.41, 5.74) is 0.426. The SMILES string of the molecule is CCS(=O)(=O)c1ccc(OCC(F)(F)F)c(Nc2ncnc3cc(OC)cc(OC)c23)c1. The fourth-order valence-corrected chi connectivity index (χ4v) is 3.79. The van der Waals surface area contributed by atoms with Gasteiger partial charge in [0.1, 0.15) is 29.4 Å². The van der Waals surface area contributed by atoms with Crippen LogP contribution in [-0.2, 0) is 9.84 Å². The number of hydrogen-bond acceptors (Lipinski definition) is 8. The quantitative estimate of drug-likeness (QED) is 0.524. The molecule has 1 N–H and O–H groups in total. The Hall–Kier alpha value is -3.28. The topological polar surface area (TPSA) is 99.6 Å². The van der Waals surface area contributed by atoms with E-state index in [1.807, 2.05) is 0 Å². The van der Waals surface area contributed by atoms with E-state index in [-0.39, 0.29) is 27.9 Å². The van der Waals surface area contributed by atoms with Crippen LogP contribution in [0.15, 0.2) is 41.6 Å². The number of nitrogens with zero attached hydrogens (tertiary/aromatic N) is 2. The Kier molecular flexibility index (Phi) is 6.63. The summed E-state index contributed by atoms with van der Waals surface area (Å²) < 4.78 is 78.3. The van der Waals surface area contributed by atoms with Crippen molar-refractivity contribution >= 4 is 32.2 Å². The van der Waals surface area contributed by atoms with Gasteiger partial charge in [0.05, 0.1) is 41.5 Å². The Morgan fingerprint density at radius 1 is 1.03 bits per heavy atom. The van der Waals surface area contributed by atoms with Crippen molar-refractivity contribution in [3.8, 4) is 17.2 Å². The molecule has 0 unspecified atom stereocenters. The Morgan fingerprint density at radius 2 is 1.78 bits per heavy atom. The molecule has 12 heteroatoms. The summed E-state index contributed by atoms with van der Waals surface area (Å²) in [7, 11) is -0.724. The van der Waals surface area contributed by atoms with E-state index in [2.05, 4.69) is 15.3 Å². The van der Waals surface area contributed by atoms with Crippen LogP contribution in [0, 0.1) is 0 Å². The number of nitrogens with one attached hydrogen (secondary N) is 1. The van der Waals surface area contributed by atoms with Crippen LogP contribution < -0.4 is 19.5 Å². The largest absolute Gasteiger partial charge is 0.497 e. The van der Waals surface area contributed by atoms with E-state index in [1.165, 1.54) is 45.7 Å². The molecule has 0 saturated carbocycles. The van der Waals surface area contributed by atoms with Gasteiger partial charge in [-0.15, -0.1) is 0 Å². The first-order valence-corrected chi connectivity index (χ1v) is 10.9. The van der Waals surface area contributed by atoms with Crippen molar-refractivity contribution in [2.45, 2.75) is 18.0 Å². The van der Waals surface area contributed by atoms with Gasteiger partial charge in [-0.2, -0.15) is 13.2 Å². The molecule has 0 saturated heterocycles. The van der Waals surface area contributed by atoms with Crippen molar-refractivity contribution < 1.29 is 35.8 Å². The molecule has 0 fully saturated rings. The van der Waals surface area contributed by atoms with E-state index in [0.717, 1.165) is 0 Å². The molecular weight excluding hydrogens is 451 g/mol. The lowest BCUT2D eigenvalue weighted by atomic mass is 10.2. The van der Waals surface area contributed by atoms with E-state index in [4.69, 9.17) is 14.2 Å². The maximum Gasteiger partial charge on any atom is 0.422 e. The fraction of sp³-hybridized carbons (Fsp3) is 0.300. The number of anilines is 2. The van der Waals surface area contributed by atoms with Crippen LogP contribution in [-0.4, -0.2) is 51.1 Å². The Morgan fingerprint density at radius 3 is 2.41 bits per heavy atom. The molecule has 0 aliphatic carbocycles. The minimum atomic E-state index is -4.58. The molecule has 172 valence electrons. The number of halogens is 3. The third-order valence-electron chi connectivity index (χ3n) is 4.47. The molecule has 0 atom stereocenters. The van der Waals surface area contributed by atoms with Crippen LogP contribution in [0.3, 0.4) is 0 Å². The van der Waals surface area contributed by atoms with Crippen molar-refractivity contribution in [3.63, 3.8) is 0 Å². The fourth-order valence-electron chi connectivity index (χ4n) is 2.88. The second kappa shape index (κ2) is 9.07. The number of hydrogen-bond donors (Lipinski definition) is 1. The van der Waals surface area contributed by atoms with Crippen LogP contribution in [0.1, 0.15) is 6.92 Å². The Bertz CT molecular complexity index is 1230. The number of sulfone groups is 1. The average Bonchev–Trinajstić information content (AvgIpc) is 2.76. The highest BCUT2D eigenvalue weighted by Gasteiger charge is 2.29. The van der Waals surface area contributed by atoms with Gasteiger partial charge >= 0.3 is 6.18 Å². The highest BCUT2D eigenvalue weighted by Crippen LogP contribution is 2.38. The number of aromatic nitrogens is 2. The third-order valence-corrected chi connectivity index (χ3v) is 6.20. The van der Waals surface area contributed by atoms with Crippen LogP contribution in [0.2, 0.25) is 0 Å². The smallest absolute Gasteiger partial charge is 0.422 e. The van der Waals surface area contributed by atoms with Crippen LogP contribution >= 0.6 is 0 Å². The van der Waals surface area contributed by atoms with Crippen molar-refractivity contribution in [2.24, 2.45) is 0 Å². The lowest BCUT2D eigenvalue weighted by Crippen LogP contribution is -2.19. The molecular formula is C20H20F3N3O5S. The Balaban J connectivity index is 2.14. The summed E-state index contributed by atoms with van der Waals surface area (Å²) in [5.74, 6) is 0.620. The first-order valence-electron chi connectivity index (χ1n) is 9.28. The van der Waals surface area contributed by atoms with Gasteiger partial charge in [0.2, 0.25) is 0 Å². The second-order valence-electron chi connectivity index (χ2n) is 6.54. The zero-order valence-corrected chi connectivity index (χ0v) is 18.2. The molecule has 0 aliphatic heterocycles. The number of rotatable bonds is 8. The highest BCUT2D eigenvalue weighted by atomic mass is 32.2. The van der Waals surface area contributed by atoms with E-state index in [0.29, 0.717) is 22.4 Å². The van der Waals surface area contributed by atoms with Gasteiger partial charge < -0.3 is 19.5 Å². The molecule has 3 aromatic rings. The molecule has 1 aromatic heterocycles. The number of ether oxygens (including phenoxy) is 3. The summed E-state index contributed by atoms with van der Waals surface area (Å²) >= 11 is 0. The average molecular weight is 471 g/mol. The van der Waals surface area contributed by atoms with E-state index >= 15 is 0 Å². The van der Waals surface area contributed by atoms with Gasteiger partial charge in [-0.1, -0.05) is 6.92 Å². The van der Waals surface area contributed by atoms with Crippen molar-refractivity contribution in [1.82, 2.24) is 9.97 Å². The zero-order valence-electron chi connectivity index (χ0n) is 17.4. The minimum Gasteiger partial charge on any atom is -0.497 e. The highest BCUT2D eigenvalue weighted by molar-refractivity contribution is 7.91. The molecule has 2 aromatic carbocycles. The summed E-state index contributed by atoms with van der Waals surface area (Å²) in [6.45, 7) is -0.0841. The monoisotopic (exact) mass is 471 g/mol. The van der Waals surface area contributed by atoms with E-state index in [9.17, 15) is 21.6 Å². The van der Waals surface area contributed by atoms with Gasteiger partial charge in [0.15, 0.2) is 16.4 Å². The zero-order chi connectivity index (χ0) is 23.5. The summed E-state index contributed by atoms with van der Waals surface area (Å²) in [4.78, 5) is 8.26. The number of methoxy groups -OCH3 is 2. The normalized spacial score (nSPS) is 11.9. The molecule has 0 bridgehead atoms. The molecule has 8 nitrogen and oxygen atoms in total. The van der Waals surface area contributed by atoms with Crippen LogP contribution in [0.4, 0.5) is 24.7 Å². The van der Waals surface area contributed by atoms with Crippen LogP contribution in [0.5, 0.6) is 17.2 Å². The molecule has 0 aliphatic rings. The van der Waals surface area contributed by atoms with Gasteiger partial charge in [-0.3, -0.25) is 0 Å². The van der Waals surface area contributed by atoms with Crippen molar-refractivity contribution in [2.75, 3.05) is 31.9 Å². The standard InChI is InChI=1S/C20H20F3N3O5S/c1-4-32(27,28)13-5-6-16(31-10-20(21,22)23)14(9-13)26-19-18-15(24-11-25-19)7-12(29-2)8-17(18)30-3/h5-9,11H,4,10H2,1-3H3,(H,24,25,26). The molecule has 0 radical (unpaired) electrons. The summed E-state index contributed by atoms with van der Waals surface area (Å²) in [6, 6.07) is 6.79. The van der Waals surface area contributed by atoms with Gasteiger partial charge in [0, 0.05) is 12.1 Å². The molecule has 1 heterocycles. The van der Waals surface area contributed by atoms with Crippen molar-refractivity contribution in [3.05, 3.63) is 36.7 Å².